The molecule has 22 heteroatoms. The molecule has 2 heterocycles. The van der Waals surface area contributed by atoms with Crippen LogP contribution in [0.4, 0.5) is 5.82 Å². The Kier molecular flexibility index (Phi) is 12.1. The van der Waals surface area contributed by atoms with Crippen LogP contribution in [-0.4, -0.2) is 58.6 Å². The molecule has 0 saturated carbocycles. The smallest absolute Gasteiger partial charge is 0.351 e. The van der Waals surface area contributed by atoms with Crippen LogP contribution in [0.25, 0.3) is 0 Å². The number of ether oxygens (including phenoxy) is 3. The summed E-state index contributed by atoms with van der Waals surface area (Å²) in [7, 11) is -17.4. The molecule has 19 nitrogen and oxygen atoms in total. The topological polar surface area (TPSA) is 266 Å². The van der Waals surface area contributed by atoms with E-state index in [1.165, 1.54) is 26.8 Å². The van der Waals surface area contributed by atoms with E-state index in [2.05, 4.69) is 28.0 Å². The van der Waals surface area contributed by atoms with E-state index in [0.717, 1.165) is 17.7 Å². The first-order valence-electron chi connectivity index (χ1n) is 11.7. The number of nitrogens with one attached hydrogen (secondary N) is 1. The molecule has 1 fully saturated rings. The van der Waals surface area contributed by atoms with Crippen LogP contribution in [0.15, 0.2) is 17.1 Å². The molecular weight excluding hydrogens is 619 g/mol. The molecule has 1 N–H and O–H groups in total. The fourth-order valence-corrected chi connectivity index (χ4v) is 6.98. The van der Waals surface area contributed by atoms with Crippen molar-refractivity contribution in [2.24, 2.45) is 0 Å². The maximum Gasteiger partial charge on any atom is 0.351 e. The highest BCUT2D eigenvalue weighted by molar-refractivity contribution is 7.65. The lowest BCUT2D eigenvalue weighted by Crippen LogP contribution is -2.42. The largest absolute Gasteiger partial charge is 0.756 e. The Hall–Kier alpha value is -1.85. The fourth-order valence-electron chi connectivity index (χ4n) is 3.44. The standard InChI is InChI=1S/C19H32N3O16P3/c1-10(2)33-16-14(9-32-39(26,27)37-41(30,31)38-40(28,29)36-11(3)4)35-18(17(16)34-13(6)24)22-8-7-15(20-12(5)23)21-19(22)25/h7-8,10-11,14,16-18H,9H2,1-6H3,(H,26,27)(H,28,29)(H,30,31)(H,20,21,23,25)/p-3/t14-,16?,17+,18-/m1/s1. The van der Waals surface area contributed by atoms with Gasteiger partial charge in [0.05, 0.1) is 18.8 Å². The van der Waals surface area contributed by atoms with Gasteiger partial charge < -0.3 is 43.3 Å². The van der Waals surface area contributed by atoms with E-state index >= 15 is 0 Å². The molecule has 0 aliphatic carbocycles. The molecule has 1 amide bonds. The van der Waals surface area contributed by atoms with Crippen molar-refractivity contribution < 1.29 is 69.8 Å². The summed E-state index contributed by atoms with van der Waals surface area (Å²) in [5, 5.41) is 2.31. The zero-order chi connectivity index (χ0) is 31.3. The van der Waals surface area contributed by atoms with Crippen molar-refractivity contribution >= 4 is 41.2 Å². The number of aromatic nitrogens is 2. The maximum atomic E-state index is 12.7. The van der Waals surface area contributed by atoms with Gasteiger partial charge in [-0.25, -0.2) is 13.4 Å². The van der Waals surface area contributed by atoms with Crippen molar-refractivity contribution in [2.45, 2.75) is 78.3 Å². The van der Waals surface area contributed by atoms with E-state index in [4.69, 9.17) is 14.2 Å². The first-order valence-corrected chi connectivity index (χ1v) is 16.1. The SMILES string of the molecule is CC(=O)Nc1ccn([C@@H]2O[C@H](COP(=O)([O-])OP(=O)([O-])OP(=O)([O-])OC(C)C)C(OC(C)C)[C@@H]2OC(C)=O)c(=O)n1. The summed E-state index contributed by atoms with van der Waals surface area (Å²) in [6.45, 7) is 6.87. The summed E-state index contributed by atoms with van der Waals surface area (Å²) in [6.07, 6.45) is -6.02. The summed E-state index contributed by atoms with van der Waals surface area (Å²) >= 11 is 0. The Balaban J connectivity index is 2.30. The van der Waals surface area contributed by atoms with Crippen LogP contribution in [0.2, 0.25) is 0 Å². The molecule has 0 bridgehead atoms. The first kappa shape index (κ1) is 35.3. The van der Waals surface area contributed by atoms with E-state index in [1.54, 1.807) is 13.8 Å². The number of phosphoric ester groups is 2. The van der Waals surface area contributed by atoms with Gasteiger partial charge in [-0.1, -0.05) is 0 Å². The zero-order valence-electron chi connectivity index (χ0n) is 22.6. The Bertz CT molecular complexity index is 1300. The molecular formula is C19H29N3O16P3-3. The predicted octanol–water partition coefficient (Wildman–Crippen LogP) is -0.296. The minimum Gasteiger partial charge on any atom is -0.756 e. The third-order valence-corrected chi connectivity index (χ3v) is 8.91. The highest BCUT2D eigenvalue weighted by atomic mass is 31.3. The number of esters is 1. The van der Waals surface area contributed by atoms with Crippen LogP contribution in [0.3, 0.4) is 0 Å². The Morgan fingerprint density at radius 1 is 1.02 bits per heavy atom. The van der Waals surface area contributed by atoms with E-state index in [-0.39, 0.29) is 5.82 Å². The highest BCUT2D eigenvalue weighted by Crippen LogP contribution is 2.63. The lowest BCUT2D eigenvalue weighted by atomic mass is 10.1. The number of rotatable bonds is 14. The summed E-state index contributed by atoms with van der Waals surface area (Å²) in [5.74, 6) is -1.42. The normalized spacial score (nSPS) is 25.3. The monoisotopic (exact) mass is 648 g/mol. The predicted molar refractivity (Wildman–Crippen MR) is 129 cm³/mol. The van der Waals surface area contributed by atoms with E-state index in [1.807, 2.05) is 0 Å². The van der Waals surface area contributed by atoms with Gasteiger partial charge in [0.2, 0.25) is 5.91 Å². The van der Waals surface area contributed by atoms with E-state index < -0.39 is 84.4 Å². The second-order valence-corrected chi connectivity index (χ2v) is 13.4. The molecule has 1 saturated heterocycles. The summed E-state index contributed by atoms with van der Waals surface area (Å²) in [5.41, 5.74) is -0.962. The molecule has 7 atom stereocenters. The van der Waals surface area contributed by atoms with Gasteiger partial charge in [-0.15, -0.1) is 0 Å². The number of carbonyl (C=O) groups excluding carboxylic acids is 2. The second kappa shape index (κ2) is 14.1. The Labute approximate surface area is 233 Å². The molecule has 0 aromatic carbocycles. The minimum absolute atomic E-state index is 0.0919. The lowest BCUT2D eigenvalue weighted by Gasteiger charge is -2.35. The second-order valence-electron chi connectivity index (χ2n) is 8.93. The number of phosphoric acid groups is 3. The first-order chi connectivity index (χ1) is 18.7. The molecule has 2 rings (SSSR count). The van der Waals surface area contributed by atoms with Crippen molar-refractivity contribution in [1.82, 2.24) is 9.55 Å². The highest BCUT2D eigenvalue weighted by Gasteiger charge is 2.50. The van der Waals surface area contributed by atoms with Crippen molar-refractivity contribution in [1.29, 1.82) is 0 Å². The van der Waals surface area contributed by atoms with Gasteiger partial charge in [-0.3, -0.25) is 27.9 Å². The molecule has 1 aliphatic rings. The Morgan fingerprint density at radius 2 is 1.63 bits per heavy atom. The molecule has 1 aromatic heterocycles. The van der Waals surface area contributed by atoms with Crippen LogP contribution in [-0.2, 0) is 55.2 Å². The number of nitrogens with zero attached hydrogens (tertiary/aromatic N) is 2. The van der Waals surface area contributed by atoms with Gasteiger partial charge in [-0.05, 0) is 33.8 Å². The number of hydrogen-bond donors (Lipinski definition) is 1. The molecule has 41 heavy (non-hydrogen) atoms. The molecule has 4 unspecified atom stereocenters. The zero-order valence-corrected chi connectivity index (χ0v) is 25.3. The fraction of sp³-hybridized carbons (Fsp3) is 0.684. The quantitative estimate of drug-likeness (QED) is 0.200. The summed E-state index contributed by atoms with van der Waals surface area (Å²) in [6, 6.07) is 1.24. The van der Waals surface area contributed by atoms with E-state index in [9.17, 15) is 42.8 Å². The van der Waals surface area contributed by atoms with Crippen LogP contribution < -0.4 is 25.7 Å². The van der Waals surface area contributed by atoms with Crippen molar-refractivity contribution in [2.75, 3.05) is 11.9 Å². The molecule has 1 aliphatic heterocycles. The minimum atomic E-state index is -6.08. The number of hydrogen-bond acceptors (Lipinski definition) is 17. The lowest BCUT2D eigenvalue weighted by molar-refractivity contribution is -0.252. The van der Waals surface area contributed by atoms with Crippen molar-refractivity contribution in [3.05, 3.63) is 22.7 Å². The van der Waals surface area contributed by atoms with Gasteiger partial charge in [0.1, 0.15) is 18.0 Å². The van der Waals surface area contributed by atoms with E-state index in [0.29, 0.717) is 0 Å². The van der Waals surface area contributed by atoms with Gasteiger partial charge in [0.25, 0.3) is 23.5 Å². The number of carbonyl (C=O) groups is 2. The average molecular weight is 648 g/mol. The third-order valence-electron chi connectivity index (χ3n) is 4.56. The van der Waals surface area contributed by atoms with Crippen LogP contribution in [0.5, 0.6) is 0 Å². The van der Waals surface area contributed by atoms with Gasteiger partial charge in [0.15, 0.2) is 12.3 Å². The van der Waals surface area contributed by atoms with Crippen molar-refractivity contribution in [3.8, 4) is 0 Å². The van der Waals surface area contributed by atoms with Gasteiger partial charge in [-0.2, -0.15) is 4.98 Å². The van der Waals surface area contributed by atoms with Crippen LogP contribution >= 0.6 is 23.5 Å². The number of anilines is 1. The average Bonchev–Trinajstić information content (AvgIpc) is 3.05. The van der Waals surface area contributed by atoms with Gasteiger partial charge >= 0.3 is 11.7 Å². The molecule has 1 aromatic rings. The summed E-state index contributed by atoms with van der Waals surface area (Å²) in [4.78, 5) is 75.2. The summed E-state index contributed by atoms with van der Waals surface area (Å²) < 4.78 is 69.8. The molecule has 0 spiro atoms. The van der Waals surface area contributed by atoms with Crippen molar-refractivity contribution in [3.63, 3.8) is 0 Å². The van der Waals surface area contributed by atoms with Crippen LogP contribution in [0, 0.1) is 0 Å². The molecule has 234 valence electrons. The number of amides is 1. The molecule has 0 radical (unpaired) electrons. The third kappa shape index (κ3) is 11.4. The van der Waals surface area contributed by atoms with Crippen LogP contribution in [0.1, 0.15) is 47.8 Å². The Morgan fingerprint density at radius 3 is 2.15 bits per heavy atom. The maximum absolute atomic E-state index is 12.7. The van der Waals surface area contributed by atoms with Gasteiger partial charge in [0, 0.05) is 20.0 Å².